The summed E-state index contributed by atoms with van der Waals surface area (Å²) in [4.78, 5) is 17.4. The first kappa shape index (κ1) is 20.6. The van der Waals surface area contributed by atoms with Crippen LogP contribution in [0.15, 0.2) is 30.5 Å². The minimum atomic E-state index is -0.154. The highest BCUT2D eigenvalue weighted by Gasteiger charge is 2.22. The Labute approximate surface area is 186 Å². The fraction of sp³-hybridized carbons (Fsp3) is 0.522. The van der Waals surface area contributed by atoms with Gasteiger partial charge in [-0.25, -0.2) is 15.0 Å². The van der Waals surface area contributed by atoms with Crippen LogP contribution in [0.2, 0.25) is 0 Å². The van der Waals surface area contributed by atoms with E-state index in [1.165, 1.54) is 18.4 Å². The molecule has 7 nitrogen and oxygen atoms in total. The van der Waals surface area contributed by atoms with E-state index in [0.29, 0.717) is 12.1 Å². The second-order valence-corrected chi connectivity index (χ2v) is 9.81. The molecule has 1 atom stereocenters. The standard InChI is InChI=1S/C23H30N6OS/c1-15-4-3-11-29(15)14-16-12-20(25-17-6-8-18(30)9-7-17)27-21(13-16)28-23-26-19-5-2-10-24-22(19)31-23/h2,5,10,12-13,15,17-18,30H,3-4,6-9,11,14H2,1H3,(H2,25,26,27,28). The molecule has 164 valence electrons. The Hall–Kier alpha value is -2.29. The molecule has 8 heteroatoms. The number of fused-ring (bicyclic) bond motifs is 1. The van der Waals surface area contributed by atoms with Crippen LogP contribution >= 0.6 is 11.3 Å². The summed E-state index contributed by atoms with van der Waals surface area (Å²) in [6.45, 7) is 4.39. The third-order valence-electron chi connectivity index (χ3n) is 6.41. The van der Waals surface area contributed by atoms with Gasteiger partial charge in [0.15, 0.2) is 5.13 Å². The summed E-state index contributed by atoms with van der Waals surface area (Å²) >= 11 is 1.54. The van der Waals surface area contributed by atoms with Crippen LogP contribution in [0.3, 0.4) is 0 Å². The van der Waals surface area contributed by atoms with Crippen LogP contribution in [0.4, 0.5) is 16.8 Å². The lowest BCUT2D eigenvalue weighted by atomic mass is 9.93. The predicted octanol–water partition coefficient (Wildman–Crippen LogP) is 4.53. The maximum atomic E-state index is 9.82. The van der Waals surface area contributed by atoms with E-state index < -0.39 is 0 Å². The first-order valence-corrected chi connectivity index (χ1v) is 12.1. The van der Waals surface area contributed by atoms with Crippen molar-refractivity contribution in [2.24, 2.45) is 0 Å². The highest BCUT2D eigenvalue weighted by Crippen LogP contribution is 2.29. The first-order chi connectivity index (χ1) is 15.1. The van der Waals surface area contributed by atoms with Gasteiger partial charge < -0.3 is 15.7 Å². The number of aliphatic hydroxyl groups excluding tert-OH is 1. The number of thiazole rings is 1. The Morgan fingerprint density at radius 3 is 2.74 bits per heavy atom. The van der Waals surface area contributed by atoms with Gasteiger partial charge in [-0.3, -0.25) is 4.90 Å². The summed E-state index contributed by atoms with van der Waals surface area (Å²) in [5.74, 6) is 1.70. The van der Waals surface area contributed by atoms with Crippen molar-refractivity contribution in [3.05, 3.63) is 36.0 Å². The van der Waals surface area contributed by atoms with E-state index in [1.54, 1.807) is 17.5 Å². The third kappa shape index (κ3) is 4.97. The van der Waals surface area contributed by atoms with E-state index in [0.717, 1.165) is 65.9 Å². The minimum Gasteiger partial charge on any atom is -0.393 e. The number of rotatable bonds is 6. The molecule has 0 amide bonds. The third-order valence-corrected chi connectivity index (χ3v) is 7.31. The van der Waals surface area contributed by atoms with E-state index >= 15 is 0 Å². The molecule has 2 aliphatic rings. The molecular weight excluding hydrogens is 408 g/mol. The van der Waals surface area contributed by atoms with Gasteiger partial charge in [-0.2, -0.15) is 0 Å². The van der Waals surface area contributed by atoms with E-state index in [-0.39, 0.29) is 6.10 Å². The van der Waals surface area contributed by atoms with Gasteiger partial charge in [0.1, 0.15) is 22.0 Å². The largest absolute Gasteiger partial charge is 0.393 e. The van der Waals surface area contributed by atoms with Crippen LogP contribution in [-0.2, 0) is 6.54 Å². The van der Waals surface area contributed by atoms with Crippen molar-refractivity contribution in [1.82, 2.24) is 19.9 Å². The molecule has 0 radical (unpaired) electrons. The van der Waals surface area contributed by atoms with Crippen LogP contribution in [0.5, 0.6) is 0 Å². The van der Waals surface area contributed by atoms with Gasteiger partial charge in [-0.05, 0) is 81.8 Å². The topological polar surface area (TPSA) is 86.2 Å². The fourth-order valence-corrected chi connectivity index (χ4v) is 5.46. The number of likely N-dealkylation sites (tertiary alicyclic amines) is 1. The summed E-state index contributed by atoms with van der Waals surface area (Å²) in [6.07, 6.45) is 7.84. The lowest BCUT2D eigenvalue weighted by Crippen LogP contribution is -2.29. The van der Waals surface area contributed by atoms with Gasteiger partial charge in [0.25, 0.3) is 0 Å². The van der Waals surface area contributed by atoms with Crippen molar-refractivity contribution < 1.29 is 5.11 Å². The van der Waals surface area contributed by atoms with E-state index in [2.05, 4.69) is 44.6 Å². The number of anilines is 3. The molecule has 3 aromatic heterocycles. The molecule has 1 aliphatic heterocycles. The zero-order valence-corrected chi connectivity index (χ0v) is 18.7. The van der Waals surface area contributed by atoms with Crippen LogP contribution in [-0.4, -0.2) is 49.7 Å². The van der Waals surface area contributed by atoms with Gasteiger partial charge in [0, 0.05) is 24.8 Å². The summed E-state index contributed by atoms with van der Waals surface area (Å²) in [7, 11) is 0. The van der Waals surface area contributed by atoms with Gasteiger partial charge in [0.05, 0.1) is 6.10 Å². The second-order valence-electron chi connectivity index (χ2n) is 8.83. The molecule has 4 heterocycles. The Morgan fingerprint density at radius 1 is 1.13 bits per heavy atom. The van der Waals surface area contributed by atoms with Crippen molar-refractivity contribution >= 4 is 38.5 Å². The Morgan fingerprint density at radius 2 is 1.97 bits per heavy atom. The lowest BCUT2D eigenvalue weighted by molar-refractivity contribution is 0.126. The molecule has 0 spiro atoms. The minimum absolute atomic E-state index is 0.154. The van der Waals surface area contributed by atoms with Crippen LogP contribution in [0, 0.1) is 0 Å². The maximum absolute atomic E-state index is 9.82. The van der Waals surface area contributed by atoms with Crippen molar-refractivity contribution in [2.75, 3.05) is 17.2 Å². The lowest BCUT2D eigenvalue weighted by Gasteiger charge is -2.27. The predicted molar refractivity (Wildman–Crippen MR) is 126 cm³/mol. The van der Waals surface area contributed by atoms with Crippen LogP contribution < -0.4 is 10.6 Å². The monoisotopic (exact) mass is 438 g/mol. The molecule has 2 fully saturated rings. The molecule has 0 bridgehead atoms. The average Bonchev–Trinajstić information content (AvgIpc) is 3.35. The number of hydrogen-bond donors (Lipinski definition) is 3. The van der Waals surface area contributed by atoms with Crippen LogP contribution in [0.1, 0.15) is 51.0 Å². The number of aliphatic hydroxyl groups is 1. The summed E-state index contributed by atoms with van der Waals surface area (Å²) < 4.78 is 0. The van der Waals surface area contributed by atoms with E-state index in [9.17, 15) is 5.11 Å². The molecule has 3 aromatic rings. The number of nitrogens with one attached hydrogen (secondary N) is 2. The fourth-order valence-electron chi connectivity index (χ4n) is 4.64. The van der Waals surface area contributed by atoms with Crippen molar-refractivity contribution in [3.63, 3.8) is 0 Å². The summed E-state index contributed by atoms with van der Waals surface area (Å²) in [5.41, 5.74) is 2.15. The second kappa shape index (κ2) is 9.06. The highest BCUT2D eigenvalue weighted by molar-refractivity contribution is 7.21. The van der Waals surface area contributed by atoms with Crippen molar-refractivity contribution in [2.45, 2.75) is 70.2 Å². The molecule has 1 saturated heterocycles. The molecule has 3 N–H and O–H groups in total. The summed E-state index contributed by atoms with van der Waals surface area (Å²) in [5, 5.41) is 17.7. The Bertz CT molecular complexity index is 999. The van der Waals surface area contributed by atoms with E-state index in [4.69, 9.17) is 4.98 Å². The highest BCUT2D eigenvalue weighted by atomic mass is 32.1. The first-order valence-electron chi connectivity index (χ1n) is 11.3. The van der Waals surface area contributed by atoms with Gasteiger partial charge in [-0.15, -0.1) is 0 Å². The quantitative estimate of drug-likeness (QED) is 0.521. The average molecular weight is 439 g/mol. The molecule has 1 unspecified atom stereocenters. The van der Waals surface area contributed by atoms with Crippen LogP contribution in [0.25, 0.3) is 10.3 Å². The molecule has 1 saturated carbocycles. The molecule has 31 heavy (non-hydrogen) atoms. The zero-order chi connectivity index (χ0) is 21.2. The SMILES string of the molecule is CC1CCCN1Cc1cc(Nc2nc3cccnc3s2)nc(NC2CCC(O)CC2)c1. The number of hydrogen-bond acceptors (Lipinski definition) is 8. The molecule has 5 rings (SSSR count). The number of nitrogens with zero attached hydrogens (tertiary/aromatic N) is 4. The molecule has 1 aliphatic carbocycles. The number of pyridine rings is 2. The van der Waals surface area contributed by atoms with Gasteiger partial charge in [0.2, 0.25) is 0 Å². The Kier molecular flexibility index (Phi) is 6.02. The van der Waals surface area contributed by atoms with Gasteiger partial charge >= 0.3 is 0 Å². The molecular formula is C23H30N6OS. The summed E-state index contributed by atoms with van der Waals surface area (Å²) in [6, 6.07) is 9.19. The van der Waals surface area contributed by atoms with E-state index in [1.807, 2.05) is 12.1 Å². The molecule has 0 aromatic carbocycles. The normalized spacial score (nSPS) is 24.5. The van der Waals surface area contributed by atoms with Gasteiger partial charge in [-0.1, -0.05) is 11.3 Å². The maximum Gasteiger partial charge on any atom is 0.190 e. The zero-order valence-electron chi connectivity index (χ0n) is 17.9. The van der Waals surface area contributed by atoms with Crippen molar-refractivity contribution in [3.8, 4) is 0 Å². The van der Waals surface area contributed by atoms with Crippen molar-refractivity contribution in [1.29, 1.82) is 0 Å². The Balaban J connectivity index is 1.38. The number of aromatic nitrogens is 3. The smallest absolute Gasteiger partial charge is 0.190 e.